The quantitative estimate of drug-likeness (QED) is 0.256. The number of rotatable bonds is 7. The van der Waals surface area contributed by atoms with E-state index in [1.165, 1.54) is 19.1 Å². The zero-order chi connectivity index (χ0) is 25.3. The largest absolute Gasteiger partial charge is 0.493 e. The molecule has 188 valence electrons. The van der Waals surface area contributed by atoms with Crippen molar-refractivity contribution >= 4 is 28.7 Å². The molecule has 36 heavy (non-hydrogen) atoms. The van der Waals surface area contributed by atoms with Gasteiger partial charge in [-0.3, -0.25) is 14.3 Å². The van der Waals surface area contributed by atoms with Crippen LogP contribution in [-0.4, -0.2) is 45.9 Å². The molecule has 3 aromatic rings. The summed E-state index contributed by atoms with van der Waals surface area (Å²) in [5.41, 5.74) is 2.64. The fourth-order valence-electron chi connectivity index (χ4n) is 6.30. The number of carbonyl (C=O) groups is 1. The molecule has 1 N–H and O–H groups in total. The van der Waals surface area contributed by atoms with Crippen molar-refractivity contribution in [3.05, 3.63) is 60.2 Å². The Balaban J connectivity index is 1.31. The summed E-state index contributed by atoms with van der Waals surface area (Å²) >= 11 is 0. The minimum atomic E-state index is -0.583. The highest BCUT2D eigenvalue weighted by molar-refractivity contribution is 5.95. The Morgan fingerprint density at radius 1 is 1.11 bits per heavy atom. The Bertz CT molecular complexity index is 1310. The highest BCUT2D eigenvalue weighted by atomic mass is 16.6. The third-order valence-corrected chi connectivity index (χ3v) is 7.29. The molecule has 1 aromatic heterocycles. The first-order valence-electron chi connectivity index (χ1n) is 12.4. The van der Waals surface area contributed by atoms with Crippen LogP contribution in [0.25, 0.3) is 10.9 Å². The van der Waals surface area contributed by atoms with Crippen molar-refractivity contribution in [2.75, 3.05) is 13.2 Å². The van der Waals surface area contributed by atoms with Crippen LogP contribution >= 0.6 is 0 Å². The van der Waals surface area contributed by atoms with Gasteiger partial charge in [-0.05, 0) is 41.7 Å². The molecule has 2 aliphatic rings. The van der Waals surface area contributed by atoms with Crippen LogP contribution in [0.5, 0.6) is 5.88 Å². The van der Waals surface area contributed by atoms with Gasteiger partial charge in [0.25, 0.3) is 0 Å². The van der Waals surface area contributed by atoms with E-state index in [0.29, 0.717) is 29.2 Å². The van der Waals surface area contributed by atoms with E-state index in [1.54, 1.807) is 0 Å². The lowest BCUT2D eigenvalue weighted by molar-refractivity contribution is -0.122. The van der Waals surface area contributed by atoms with Gasteiger partial charge >= 0.3 is 5.91 Å². The molecule has 1 aliphatic heterocycles. The second kappa shape index (κ2) is 9.50. The number of carbonyl (C=O) groups excluding carboxylic acids is 1. The van der Waals surface area contributed by atoms with Gasteiger partial charge in [0.1, 0.15) is 0 Å². The van der Waals surface area contributed by atoms with Gasteiger partial charge in [0.2, 0.25) is 5.88 Å². The molecule has 5 rings (SSSR count). The van der Waals surface area contributed by atoms with Crippen LogP contribution in [0.15, 0.2) is 70.0 Å². The summed E-state index contributed by atoms with van der Waals surface area (Å²) in [6, 6.07) is 17.6. The summed E-state index contributed by atoms with van der Waals surface area (Å²) in [6.07, 6.45) is 5.07. The van der Waals surface area contributed by atoms with Crippen LogP contribution in [0.4, 0.5) is 5.69 Å². The zero-order valence-electron chi connectivity index (χ0n) is 21.1. The molecule has 2 atom stereocenters. The fourth-order valence-corrected chi connectivity index (χ4v) is 6.30. The summed E-state index contributed by atoms with van der Waals surface area (Å²) < 4.78 is 1.88. The van der Waals surface area contributed by atoms with Gasteiger partial charge < -0.3 is 9.94 Å². The number of para-hydroxylation sites is 1. The highest BCUT2D eigenvalue weighted by Gasteiger charge is 2.49. The first kappa shape index (κ1) is 24.2. The van der Waals surface area contributed by atoms with Gasteiger partial charge in [0.05, 0.1) is 18.4 Å². The Kier molecular flexibility index (Phi) is 6.38. The number of hydrogen-bond acceptors (Lipinski definition) is 6. The Labute approximate surface area is 211 Å². The number of nitrogens with zero attached hydrogens (tertiary/aromatic N) is 5. The van der Waals surface area contributed by atoms with E-state index in [0.717, 1.165) is 29.4 Å². The molecule has 2 aromatic carbocycles. The van der Waals surface area contributed by atoms with E-state index in [1.807, 2.05) is 59.2 Å². The molecule has 2 heterocycles. The predicted octanol–water partition coefficient (Wildman–Crippen LogP) is 5.87. The minimum Gasteiger partial charge on any atom is -0.493 e. The van der Waals surface area contributed by atoms with Crippen LogP contribution in [0, 0.1) is 10.8 Å². The maximum atomic E-state index is 12.2. The Hall–Kier alpha value is -3.52. The molecule has 1 saturated carbocycles. The van der Waals surface area contributed by atoms with Gasteiger partial charge in [-0.2, -0.15) is 0 Å². The lowest BCUT2D eigenvalue weighted by atomic mass is 9.65. The van der Waals surface area contributed by atoms with E-state index < -0.39 is 5.91 Å². The number of likely N-dealkylation sites (tertiary alicyclic amines) is 1. The highest BCUT2D eigenvalue weighted by Crippen LogP contribution is 2.53. The average molecular weight is 488 g/mol. The number of aromatic nitrogens is 1. The maximum absolute atomic E-state index is 12.2. The fraction of sp³-hybridized carbons (Fsp3) is 0.429. The average Bonchev–Trinajstić information content (AvgIpc) is 3.24. The zero-order valence-corrected chi connectivity index (χ0v) is 21.1. The SMILES string of the molecule is CC1(C)C[C@H]2C[C@@](C)(CN2Cn2c(O)c(N=NC(=O)CO/N=C\c3ccccc3)c3ccccc32)C1. The van der Waals surface area contributed by atoms with E-state index in [2.05, 4.69) is 41.1 Å². The standard InChI is InChI=1S/C28H33N5O3/c1-27(2)13-21-14-28(3,17-27)18-32(21)19-33-23-12-8-7-11-22(23)25(26(33)35)31-30-24(34)16-36-29-15-20-9-5-4-6-10-20/h4-12,15,21,35H,13-14,16-19H2,1-3H3/b29-15-,31-30?/t21-,28+/m0/s1. The first-order chi connectivity index (χ1) is 17.2. The summed E-state index contributed by atoms with van der Waals surface area (Å²) in [7, 11) is 0. The van der Waals surface area contributed by atoms with Crippen molar-refractivity contribution in [3.63, 3.8) is 0 Å². The number of benzene rings is 2. The molecular formula is C28H33N5O3. The number of oxime groups is 1. The smallest absolute Gasteiger partial charge is 0.304 e. The van der Waals surface area contributed by atoms with Crippen molar-refractivity contribution in [1.29, 1.82) is 0 Å². The third kappa shape index (κ3) is 5.04. The monoisotopic (exact) mass is 487 g/mol. The van der Waals surface area contributed by atoms with Gasteiger partial charge in [-0.15, -0.1) is 10.2 Å². The molecule has 8 heteroatoms. The first-order valence-corrected chi connectivity index (χ1v) is 12.4. The van der Waals surface area contributed by atoms with Gasteiger partial charge in [0, 0.05) is 18.0 Å². The van der Waals surface area contributed by atoms with E-state index in [4.69, 9.17) is 4.84 Å². The molecule has 0 radical (unpaired) electrons. The second-order valence-electron chi connectivity index (χ2n) is 11.2. The van der Waals surface area contributed by atoms with Crippen LogP contribution in [0.2, 0.25) is 0 Å². The van der Waals surface area contributed by atoms with Crippen LogP contribution in [-0.2, 0) is 16.3 Å². The van der Waals surface area contributed by atoms with Crippen molar-refractivity contribution < 1.29 is 14.7 Å². The molecule has 1 saturated heterocycles. The summed E-state index contributed by atoms with van der Waals surface area (Å²) in [5.74, 6) is -0.568. The number of azo groups is 1. The van der Waals surface area contributed by atoms with Crippen LogP contribution < -0.4 is 0 Å². The molecule has 1 aliphatic carbocycles. The van der Waals surface area contributed by atoms with Crippen molar-refractivity contribution in [2.24, 2.45) is 26.2 Å². The Morgan fingerprint density at radius 3 is 2.67 bits per heavy atom. The molecule has 8 nitrogen and oxygen atoms in total. The van der Waals surface area contributed by atoms with E-state index in [-0.39, 0.29) is 12.5 Å². The normalized spacial score (nSPS) is 23.7. The van der Waals surface area contributed by atoms with Gasteiger partial charge in [-0.1, -0.05) is 74.5 Å². The lowest BCUT2D eigenvalue weighted by Gasteiger charge is -2.40. The molecule has 1 amide bonds. The Morgan fingerprint density at radius 2 is 1.86 bits per heavy atom. The van der Waals surface area contributed by atoms with Crippen molar-refractivity contribution in [3.8, 4) is 5.88 Å². The lowest BCUT2D eigenvalue weighted by Crippen LogP contribution is -2.35. The van der Waals surface area contributed by atoms with Crippen LogP contribution in [0.1, 0.15) is 45.6 Å². The van der Waals surface area contributed by atoms with E-state index >= 15 is 0 Å². The predicted molar refractivity (Wildman–Crippen MR) is 139 cm³/mol. The summed E-state index contributed by atoms with van der Waals surface area (Å²) in [5, 5.41) is 23.6. The summed E-state index contributed by atoms with van der Waals surface area (Å²) in [4.78, 5) is 19.8. The van der Waals surface area contributed by atoms with Crippen LogP contribution in [0.3, 0.4) is 0 Å². The molecule has 2 fully saturated rings. The van der Waals surface area contributed by atoms with Crippen molar-refractivity contribution in [2.45, 2.75) is 52.7 Å². The molecular weight excluding hydrogens is 454 g/mol. The molecule has 0 spiro atoms. The number of fused-ring (bicyclic) bond motifs is 3. The maximum Gasteiger partial charge on any atom is 0.304 e. The number of aromatic hydroxyl groups is 1. The van der Waals surface area contributed by atoms with Gasteiger partial charge in [-0.25, -0.2) is 0 Å². The topological polar surface area (TPSA) is 91.8 Å². The van der Waals surface area contributed by atoms with E-state index in [9.17, 15) is 9.90 Å². The number of hydrogen-bond donors (Lipinski definition) is 1. The minimum absolute atomic E-state index is 0.0154. The molecule has 2 bridgehead atoms. The van der Waals surface area contributed by atoms with Crippen molar-refractivity contribution in [1.82, 2.24) is 9.47 Å². The number of amides is 1. The third-order valence-electron chi connectivity index (χ3n) is 7.29. The molecule has 0 unspecified atom stereocenters. The van der Waals surface area contributed by atoms with Gasteiger partial charge in [0.15, 0.2) is 12.3 Å². The second-order valence-corrected chi connectivity index (χ2v) is 11.2. The summed E-state index contributed by atoms with van der Waals surface area (Å²) in [6.45, 7) is 8.33.